The second-order valence-electron chi connectivity index (χ2n) is 4.42. The van der Waals surface area contributed by atoms with Gasteiger partial charge in [0.05, 0.1) is 10.0 Å². The molecule has 0 aromatic heterocycles. The summed E-state index contributed by atoms with van der Waals surface area (Å²) in [4.78, 5) is 12.1. The molecule has 0 heterocycles. The molecule has 3 nitrogen and oxygen atoms in total. The highest BCUT2D eigenvalue weighted by atomic mass is 35.5. The third-order valence-electron chi connectivity index (χ3n) is 2.95. The van der Waals surface area contributed by atoms with E-state index in [0.29, 0.717) is 27.8 Å². The van der Waals surface area contributed by atoms with Crippen LogP contribution in [0.2, 0.25) is 10.0 Å². The second kappa shape index (κ2) is 7.46. The molecule has 0 saturated carbocycles. The summed E-state index contributed by atoms with van der Waals surface area (Å²) >= 11 is 11.7. The minimum Gasteiger partial charge on any atom is -0.485 e. The van der Waals surface area contributed by atoms with Gasteiger partial charge in [-0.3, -0.25) is 4.79 Å². The van der Waals surface area contributed by atoms with Crippen molar-refractivity contribution in [1.82, 2.24) is 0 Å². The molecule has 0 unspecified atom stereocenters. The lowest BCUT2D eigenvalue weighted by atomic mass is 10.1. The number of carbonyl (C=O) groups excluding carboxylic acids is 1. The highest BCUT2D eigenvalue weighted by Gasteiger charge is 2.10. The summed E-state index contributed by atoms with van der Waals surface area (Å²) < 4.78 is 5.54. The zero-order chi connectivity index (χ0) is 15.2. The molecular formula is C16H14Cl2O3. The quantitative estimate of drug-likeness (QED) is 0.822. The molecule has 21 heavy (non-hydrogen) atoms. The first kappa shape index (κ1) is 15.8. The molecular weight excluding hydrogens is 311 g/mol. The first-order valence-corrected chi connectivity index (χ1v) is 7.17. The van der Waals surface area contributed by atoms with E-state index in [-0.39, 0.29) is 19.0 Å². The van der Waals surface area contributed by atoms with Crippen LogP contribution >= 0.6 is 23.2 Å². The first-order valence-electron chi connectivity index (χ1n) is 6.41. The summed E-state index contributed by atoms with van der Waals surface area (Å²) in [5.74, 6) is 0.410. The van der Waals surface area contributed by atoms with Crippen LogP contribution in [0.3, 0.4) is 0 Å². The number of hydrogen-bond donors (Lipinski definition) is 1. The number of Topliss-reactive ketones (excluding diaryl/α,β-unsaturated/α-hetero) is 1. The highest BCUT2D eigenvalue weighted by molar-refractivity contribution is 6.42. The Morgan fingerprint density at radius 3 is 2.57 bits per heavy atom. The Balaban J connectivity index is 2.05. The van der Waals surface area contributed by atoms with Crippen LogP contribution in [-0.2, 0) is 6.42 Å². The van der Waals surface area contributed by atoms with Gasteiger partial charge in [-0.25, -0.2) is 0 Å². The summed E-state index contributed by atoms with van der Waals surface area (Å²) in [5.41, 5.74) is 1.31. The average Bonchev–Trinajstić information content (AvgIpc) is 2.49. The van der Waals surface area contributed by atoms with Crippen LogP contribution in [0.15, 0.2) is 42.5 Å². The predicted molar refractivity (Wildman–Crippen MR) is 83.5 cm³/mol. The largest absolute Gasteiger partial charge is 0.485 e. The summed E-state index contributed by atoms with van der Waals surface area (Å²) in [5, 5.41) is 9.75. The SMILES string of the molecule is O=C(COc1ccccc1CCO)c1ccc(Cl)c(Cl)c1. The van der Waals surface area contributed by atoms with E-state index in [1.54, 1.807) is 18.2 Å². The molecule has 0 fully saturated rings. The van der Waals surface area contributed by atoms with Crippen LogP contribution in [0, 0.1) is 0 Å². The predicted octanol–water partition coefficient (Wildman–Crippen LogP) is 3.79. The molecule has 2 aromatic carbocycles. The van der Waals surface area contributed by atoms with Crippen molar-refractivity contribution < 1.29 is 14.6 Å². The number of ether oxygens (including phenoxy) is 1. The van der Waals surface area contributed by atoms with Gasteiger partial charge < -0.3 is 9.84 Å². The number of para-hydroxylation sites is 1. The molecule has 0 bridgehead atoms. The van der Waals surface area contributed by atoms with Crippen molar-refractivity contribution in [3.63, 3.8) is 0 Å². The van der Waals surface area contributed by atoms with Gasteiger partial charge in [0.25, 0.3) is 0 Å². The van der Waals surface area contributed by atoms with Crippen LogP contribution < -0.4 is 4.74 Å². The minimum atomic E-state index is -0.188. The number of aliphatic hydroxyl groups is 1. The normalized spacial score (nSPS) is 10.4. The lowest BCUT2D eigenvalue weighted by Crippen LogP contribution is -2.12. The number of carbonyl (C=O) groups is 1. The van der Waals surface area contributed by atoms with Gasteiger partial charge in [0.15, 0.2) is 12.4 Å². The Bertz CT molecular complexity index is 641. The van der Waals surface area contributed by atoms with Crippen molar-refractivity contribution in [2.24, 2.45) is 0 Å². The Morgan fingerprint density at radius 2 is 1.86 bits per heavy atom. The fraction of sp³-hybridized carbons (Fsp3) is 0.188. The van der Waals surface area contributed by atoms with Gasteiger partial charge in [-0.2, -0.15) is 0 Å². The highest BCUT2D eigenvalue weighted by Crippen LogP contribution is 2.23. The standard InChI is InChI=1S/C16H14Cl2O3/c17-13-6-5-12(9-14(13)18)15(20)10-21-16-4-2-1-3-11(16)7-8-19/h1-6,9,19H,7-8,10H2. The smallest absolute Gasteiger partial charge is 0.200 e. The van der Waals surface area contributed by atoms with Gasteiger partial charge in [-0.15, -0.1) is 0 Å². The second-order valence-corrected chi connectivity index (χ2v) is 5.24. The molecule has 5 heteroatoms. The number of hydrogen-bond acceptors (Lipinski definition) is 3. The number of ketones is 1. The van der Waals surface area contributed by atoms with E-state index in [1.165, 1.54) is 6.07 Å². The van der Waals surface area contributed by atoms with Crippen molar-refractivity contribution in [3.05, 3.63) is 63.6 Å². The Labute approximate surface area is 133 Å². The molecule has 0 radical (unpaired) electrons. The van der Waals surface area contributed by atoms with E-state index in [4.69, 9.17) is 33.0 Å². The van der Waals surface area contributed by atoms with Gasteiger partial charge >= 0.3 is 0 Å². The van der Waals surface area contributed by atoms with Crippen molar-refractivity contribution in [1.29, 1.82) is 0 Å². The van der Waals surface area contributed by atoms with E-state index >= 15 is 0 Å². The van der Waals surface area contributed by atoms with Crippen LogP contribution in [0.4, 0.5) is 0 Å². The van der Waals surface area contributed by atoms with Crippen LogP contribution in [0.1, 0.15) is 15.9 Å². The van der Waals surface area contributed by atoms with Gasteiger partial charge in [0.2, 0.25) is 0 Å². The summed E-state index contributed by atoms with van der Waals surface area (Å²) in [7, 11) is 0. The molecule has 0 spiro atoms. The average molecular weight is 325 g/mol. The zero-order valence-electron chi connectivity index (χ0n) is 11.2. The zero-order valence-corrected chi connectivity index (χ0v) is 12.7. The Kier molecular flexibility index (Phi) is 5.62. The van der Waals surface area contributed by atoms with Gasteiger partial charge in [-0.05, 0) is 36.2 Å². The maximum absolute atomic E-state index is 12.1. The molecule has 0 saturated heterocycles. The number of rotatable bonds is 6. The molecule has 2 aromatic rings. The fourth-order valence-electron chi connectivity index (χ4n) is 1.87. The van der Waals surface area contributed by atoms with E-state index in [1.807, 2.05) is 18.2 Å². The summed E-state index contributed by atoms with van der Waals surface area (Å²) in [6.07, 6.45) is 0.483. The third-order valence-corrected chi connectivity index (χ3v) is 3.69. The van der Waals surface area contributed by atoms with Gasteiger partial charge in [0, 0.05) is 12.2 Å². The van der Waals surface area contributed by atoms with Gasteiger partial charge in [0.1, 0.15) is 5.75 Å². The maximum atomic E-state index is 12.1. The van der Waals surface area contributed by atoms with Crippen LogP contribution in [0.5, 0.6) is 5.75 Å². The molecule has 1 N–H and O–H groups in total. The van der Waals surface area contributed by atoms with E-state index in [0.717, 1.165) is 5.56 Å². The van der Waals surface area contributed by atoms with Crippen molar-refractivity contribution in [2.45, 2.75) is 6.42 Å². The lowest BCUT2D eigenvalue weighted by Gasteiger charge is -2.10. The van der Waals surface area contributed by atoms with Crippen molar-refractivity contribution >= 4 is 29.0 Å². The van der Waals surface area contributed by atoms with E-state index in [9.17, 15) is 4.79 Å². The minimum absolute atomic E-state index is 0.0289. The maximum Gasteiger partial charge on any atom is 0.200 e. The lowest BCUT2D eigenvalue weighted by molar-refractivity contribution is 0.0921. The summed E-state index contributed by atoms with van der Waals surface area (Å²) in [6, 6.07) is 12.0. The molecule has 0 aliphatic heterocycles. The van der Waals surface area contributed by atoms with E-state index < -0.39 is 0 Å². The van der Waals surface area contributed by atoms with Crippen LogP contribution in [-0.4, -0.2) is 24.1 Å². The van der Waals surface area contributed by atoms with Crippen LogP contribution in [0.25, 0.3) is 0 Å². The van der Waals surface area contributed by atoms with Crippen molar-refractivity contribution in [2.75, 3.05) is 13.2 Å². The van der Waals surface area contributed by atoms with Crippen molar-refractivity contribution in [3.8, 4) is 5.75 Å². The first-order chi connectivity index (χ1) is 10.1. The number of halogens is 2. The topological polar surface area (TPSA) is 46.5 Å². The third kappa shape index (κ3) is 4.21. The monoisotopic (exact) mass is 324 g/mol. The van der Waals surface area contributed by atoms with E-state index in [2.05, 4.69) is 0 Å². The molecule has 2 rings (SSSR count). The number of aliphatic hydroxyl groups excluding tert-OH is 1. The molecule has 0 atom stereocenters. The molecule has 0 aliphatic carbocycles. The van der Waals surface area contributed by atoms with Gasteiger partial charge in [-0.1, -0.05) is 41.4 Å². The Morgan fingerprint density at radius 1 is 1.10 bits per heavy atom. The number of benzene rings is 2. The fourth-order valence-corrected chi connectivity index (χ4v) is 2.17. The molecule has 0 aliphatic rings. The molecule has 110 valence electrons. The Hall–Kier alpha value is -1.55. The molecule has 0 amide bonds. The summed E-state index contributed by atoms with van der Waals surface area (Å²) in [6.45, 7) is -0.0679.